The van der Waals surface area contributed by atoms with Gasteiger partial charge in [-0.1, -0.05) is 0 Å². The molecule has 3 nitrogen and oxygen atoms in total. The van der Waals surface area contributed by atoms with Crippen LogP contribution in [0.3, 0.4) is 0 Å². The van der Waals surface area contributed by atoms with Crippen LogP contribution in [0.5, 0.6) is 0 Å². The van der Waals surface area contributed by atoms with Gasteiger partial charge in [0.05, 0.1) is 0 Å². The van der Waals surface area contributed by atoms with Crippen molar-refractivity contribution in [1.29, 1.82) is 0 Å². The van der Waals surface area contributed by atoms with E-state index in [1.54, 1.807) is 0 Å². The fraction of sp³-hybridized carbons (Fsp3) is 1.00. The molecule has 0 heterocycles. The number of hydrogen-bond acceptors (Lipinski definition) is 3. The van der Waals surface area contributed by atoms with Gasteiger partial charge in [0.1, 0.15) is 0 Å². The molecule has 0 aliphatic carbocycles. The van der Waals surface area contributed by atoms with Gasteiger partial charge in [0.25, 0.3) is 0 Å². The summed E-state index contributed by atoms with van der Waals surface area (Å²) in [4.78, 5) is 0. The third-order valence-electron chi connectivity index (χ3n) is 1.39. The van der Waals surface area contributed by atoms with E-state index in [0.29, 0.717) is 13.2 Å². The van der Waals surface area contributed by atoms with Gasteiger partial charge in [-0.15, -0.1) is 0 Å². The number of halogens is 2. The summed E-state index contributed by atoms with van der Waals surface area (Å²) in [5.74, 6) is 0. The van der Waals surface area contributed by atoms with Gasteiger partial charge in [-0.05, 0) is 0 Å². The van der Waals surface area contributed by atoms with Crippen LogP contribution in [-0.2, 0) is 26.8 Å². The summed E-state index contributed by atoms with van der Waals surface area (Å²) < 4.78 is 21.0. The molecule has 0 unspecified atom stereocenters. The Kier molecular flexibility index (Phi) is 23.7. The molecule has 6 heteroatoms. The fourth-order valence-electron chi connectivity index (χ4n) is 0.604. The first-order valence-electron chi connectivity index (χ1n) is 4.54. The Labute approximate surface area is 104 Å². The molecule has 0 atom stereocenters. The van der Waals surface area contributed by atoms with Crippen molar-refractivity contribution in [3.8, 4) is 0 Å². The number of rotatable bonds is 8. The van der Waals surface area contributed by atoms with Crippen molar-refractivity contribution in [1.82, 2.24) is 0 Å². The molecule has 0 fully saturated rings. The number of hydrogen-bond donors (Lipinski definition) is 0. The van der Waals surface area contributed by atoms with Crippen LogP contribution in [-0.4, -0.2) is 13.2 Å². The van der Waals surface area contributed by atoms with E-state index < -0.39 is 15.8 Å². The van der Waals surface area contributed by atoms with E-state index in [2.05, 4.69) is 13.8 Å². The van der Waals surface area contributed by atoms with Crippen LogP contribution in [0.4, 0.5) is 0 Å². The average Bonchev–Trinajstić information content (AvgIpc) is 2.06. The van der Waals surface area contributed by atoms with E-state index in [9.17, 15) is 3.67 Å². The molecule has 14 heavy (non-hydrogen) atoms. The van der Waals surface area contributed by atoms with Crippen molar-refractivity contribution in [2.75, 3.05) is 13.2 Å². The maximum absolute atomic E-state index is 11.0. The van der Waals surface area contributed by atoms with Gasteiger partial charge in [-0.2, -0.15) is 0 Å². The van der Waals surface area contributed by atoms with Crippen molar-refractivity contribution in [3.63, 3.8) is 0 Å². The van der Waals surface area contributed by atoms with Gasteiger partial charge in [0, 0.05) is 0 Å². The standard InChI is InChI=1S/2C4H9O.2ClH.O.V/c2*1-2-3-4-5;;;;/h2*2-4H2,1H3;2*1H;;/q2*-1;;;;+4/p-2. The molecule has 0 saturated carbocycles. The molecule has 0 aliphatic heterocycles. The summed E-state index contributed by atoms with van der Waals surface area (Å²) in [6, 6.07) is 0. The summed E-state index contributed by atoms with van der Waals surface area (Å²) in [5.41, 5.74) is 0. The predicted molar refractivity (Wildman–Crippen MR) is 42.4 cm³/mol. The normalized spacial score (nSPS) is 8.71. The second kappa shape index (κ2) is 16.3. The molecule has 0 aliphatic rings. The zero-order chi connectivity index (χ0) is 9.23. The molecule has 0 aromatic rings. The van der Waals surface area contributed by atoms with Crippen LogP contribution in [0.25, 0.3) is 0 Å². The first kappa shape index (κ1) is 20.3. The van der Waals surface area contributed by atoms with Crippen LogP contribution in [0, 0.1) is 0 Å². The van der Waals surface area contributed by atoms with Crippen molar-refractivity contribution < 1.29 is 51.6 Å². The molecule has 0 N–H and O–H groups in total. The summed E-state index contributed by atoms with van der Waals surface area (Å²) in [6.07, 6.45) is 4.06. The monoisotopic (exact) mass is 283 g/mol. The molecule has 0 spiro atoms. The molecule has 0 amide bonds. The van der Waals surface area contributed by atoms with E-state index >= 15 is 0 Å². The van der Waals surface area contributed by atoms with Gasteiger partial charge in [-0.25, -0.2) is 0 Å². The maximum Gasteiger partial charge on any atom is -1.00 e. The molecule has 0 aromatic carbocycles. The van der Waals surface area contributed by atoms with E-state index in [1.165, 1.54) is 0 Å². The molecule has 0 saturated heterocycles. The summed E-state index contributed by atoms with van der Waals surface area (Å²) in [5, 5.41) is 0. The topological polar surface area (TPSA) is 35.5 Å². The molecule has 0 radical (unpaired) electrons. The minimum atomic E-state index is -2.58. The maximum atomic E-state index is 11.0. The van der Waals surface area contributed by atoms with Gasteiger partial charge < -0.3 is 24.8 Å². The first-order chi connectivity index (χ1) is 5.81. The van der Waals surface area contributed by atoms with Crippen LogP contribution in [0.2, 0.25) is 0 Å². The zero-order valence-corrected chi connectivity index (χ0v) is 11.6. The first-order valence-corrected chi connectivity index (χ1v) is 6.25. The molecule has 0 bridgehead atoms. The summed E-state index contributed by atoms with van der Waals surface area (Å²) in [6.45, 7) is 5.30. The molecule has 0 aromatic heterocycles. The molecular formula is C8H18Cl2O3V. The Bertz CT molecular complexity index is 113. The van der Waals surface area contributed by atoms with Gasteiger partial charge >= 0.3 is 79.5 Å². The smallest absolute Gasteiger partial charge is 1.00 e. The minimum Gasteiger partial charge on any atom is -1.00 e. The largest absolute Gasteiger partial charge is 1.00 e. The molecule has 0 rings (SSSR count). The second-order valence-electron chi connectivity index (χ2n) is 2.60. The van der Waals surface area contributed by atoms with E-state index in [0.717, 1.165) is 25.7 Å². The third kappa shape index (κ3) is 15.4. The van der Waals surface area contributed by atoms with Crippen LogP contribution >= 0.6 is 0 Å². The van der Waals surface area contributed by atoms with E-state index in [1.807, 2.05) is 0 Å². The quantitative estimate of drug-likeness (QED) is 0.433. The molecule has 87 valence electrons. The SMILES string of the molecule is CCCC[O][V+2](=[O])[O]CCCC.[Cl-].[Cl-]. The Balaban J connectivity index is -0.000000605. The van der Waals surface area contributed by atoms with Crippen LogP contribution in [0.15, 0.2) is 0 Å². The van der Waals surface area contributed by atoms with Gasteiger partial charge in [-0.3, -0.25) is 0 Å². The van der Waals surface area contributed by atoms with Crippen LogP contribution in [0.1, 0.15) is 39.5 Å². The van der Waals surface area contributed by atoms with Crippen molar-refractivity contribution in [3.05, 3.63) is 0 Å². The summed E-state index contributed by atoms with van der Waals surface area (Å²) in [7, 11) is 0. The van der Waals surface area contributed by atoms with Crippen molar-refractivity contribution in [2.45, 2.75) is 39.5 Å². The van der Waals surface area contributed by atoms with Gasteiger partial charge in [0.2, 0.25) is 0 Å². The zero-order valence-electron chi connectivity index (χ0n) is 8.67. The average molecular weight is 284 g/mol. The van der Waals surface area contributed by atoms with E-state index in [-0.39, 0.29) is 24.8 Å². The minimum absolute atomic E-state index is 0. The third-order valence-corrected chi connectivity index (χ3v) is 2.62. The molecular weight excluding hydrogens is 266 g/mol. The second-order valence-corrected chi connectivity index (χ2v) is 4.10. The van der Waals surface area contributed by atoms with Crippen molar-refractivity contribution >= 4 is 0 Å². The van der Waals surface area contributed by atoms with Gasteiger partial charge in [0.15, 0.2) is 0 Å². The van der Waals surface area contributed by atoms with E-state index in [4.69, 9.17) is 7.32 Å². The Hall–Kier alpha value is 0.884. The predicted octanol–water partition coefficient (Wildman–Crippen LogP) is -3.58. The number of unbranched alkanes of at least 4 members (excludes halogenated alkanes) is 2. The fourth-order valence-corrected chi connectivity index (χ4v) is 1.59. The summed E-state index contributed by atoms with van der Waals surface area (Å²) >= 11 is -2.58. The van der Waals surface area contributed by atoms with Crippen LogP contribution < -0.4 is 24.8 Å². The Morgan fingerprint density at radius 3 is 1.57 bits per heavy atom. The Morgan fingerprint density at radius 2 is 1.29 bits per heavy atom. The Morgan fingerprint density at radius 1 is 0.929 bits per heavy atom. The van der Waals surface area contributed by atoms with Crippen molar-refractivity contribution in [2.24, 2.45) is 0 Å².